The molecule has 0 spiro atoms. The summed E-state index contributed by atoms with van der Waals surface area (Å²) in [5, 5.41) is 3.37. The number of nitrogens with zero attached hydrogens (tertiary/aromatic N) is 2. The van der Waals surface area contributed by atoms with Crippen LogP contribution in [0.5, 0.6) is 0 Å². The molecule has 0 unspecified atom stereocenters. The molecular weight excluding hydrogens is 354 g/mol. The summed E-state index contributed by atoms with van der Waals surface area (Å²) < 4.78 is 2.88. The van der Waals surface area contributed by atoms with Crippen LogP contribution in [0.3, 0.4) is 0 Å². The van der Waals surface area contributed by atoms with E-state index < -0.39 is 0 Å². The largest absolute Gasteiger partial charge is 0.346 e. The van der Waals surface area contributed by atoms with E-state index in [4.69, 9.17) is 11.6 Å². The van der Waals surface area contributed by atoms with Gasteiger partial charge in [-0.25, -0.2) is 4.98 Å². The average molecular weight is 365 g/mol. The van der Waals surface area contributed by atoms with Crippen molar-refractivity contribution in [1.29, 1.82) is 0 Å². The van der Waals surface area contributed by atoms with E-state index in [0.29, 0.717) is 17.1 Å². The Morgan fingerprint density at radius 1 is 1.29 bits per heavy atom. The van der Waals surface area contributed by atoms with Gasteiger partial charge in [-0.15, -0.1) is 0 Å². The number of amides is 1. The van der Waals surface area contributed by atoms with Crippen LogP contribution in [-0.2, 0) is 6.54 Å². The third-order valence-corrected chi connectivity index (χ3v) is 3.69. The van der Waals surface area contributed by atoms with E-state index in [0.717, 1.165) is 15.8 Å². The Bertz CT molecular complexity index is 816. The van der Waals surface area contributed by atoms with Crippen molar-refractivity contribution in [3.63, 3.8) is 0 Å². The fourth-order valence-electron chi connectivity index (χ4n) is 2.00. The first-order valence-electron chi connectivity index (χ1n) is 6.29. The number of imidazole rings is 1. The topological polar surface area (TPSA) is 46.4 Å². The van der Waals surface area contributed by atoms with E-state index >= 15 is 0 Å². The second-order valence-electron chi connectivity index (χ2n) is 4.54. The molecule has 4 nitrogen and oxygen atoms in total. The number of hydrogen-bond acceptors (Lipinski definition) is 2. The van der Waals surface area contributed by atoms with E-state index in [9.17, 15) is 4.79 Å². The minimum atomic E-state index is -0.171. The van der Waals surface area contributed by atoms with E-state index in [1.54, 1.807) is 24.3 Å². The summed E-state index contributed by atoms with van der Waals surface area (Å²) >= 11 is 9.28. The fraction of sp³-hybridized carbons (Fsp3) is 0.0667. The zero-order valence-electron chi connectivity index (χ0n) is 10.9. The van der Waals surface area contributed by atoms with Gasteiger partial charge in [0, 0.05) is 27.5 Å². The van der Waals surface area contributed by atoms with Crippen LogP contribution in [0.15, 0.2) is 53.3 Å². The summed E-state index contributed by atoms with van der Waals surface area (Å²) in [5.74, 6) is -0.171. The Balaban J connectivity index is 1.72. The third-order valence-electron chi connectivity index (χ3n) is 2.98. The number of fused-ring (bicyclic) bond motifs is 1. The van der Waals surface area contributed by atoms with Gasteiger partial charge in [0.2, 0.25) is 0 Å². The van der Waals surface area contributed by atoms with Crippen molar-refractivity contribution in [1.82, 2.24) is 14.7 Å². The van der Waals surface area contributed by atoms with Crippen LogP contribution in [-0.4, -0.2) is 15.3 Å². The molecule has 0 bridgehead atoms. The molecule has 0 saturated carbocycles. The number of pyridine rings is 1. The molecular formula is C15H11BrClN3O. The van der Waals surface area contributed by atoms with Gasteiger partial charge in [-0.05, 0) is 46.3 Å². The van der Waals surface area contributed by atoms with Crippen molar-refractivity contribution >= 4 is 39.1 Å². The lowest BCUT2D eigenvalue weighted by Gasteiger charge is -2.03. The highest BCUT2D eigenvalue weighted by atomic mass is 79.9. The van der Waals surface area contributed by atoms with Gasteiger partial charge < -0.3 is 9.72 Å². The number of aromatic nitrogens is 2. The van der Waals surface area contributed by atoms with Crippen molar-refractivity contribution in [2.45, 2.75) is 6.54 Å². The van der Waals surface area contributed by atoms with Gasteiger partial charge in [-0.1, -0.05) is 17.7 Å². The standard InChI is InChI=1S/C15H11BrClN3O/c16-11-4-5-14-19-13(9-20(14)8-11)7-18-15(21)10-2-1-3-12(17)6-10/h1-6,8-9H,7H2,(H,18,21). The summed E-state index contributed by atoms with van der Waals surface area (Å²) in [6, 6.07) is 10.7. The molecule has 6 heteroatoms. The van der Waals surface area contributed by atoms with Gasteiger partial charge in [0.1, 0.15) is 5.65 Å². The predicted molar refractivity (Wildman–Crippen MR) is 85.5 cm³/mol. The summed E-state index contributed by atoms with van der Waals surface area (Å²) in [6.45, 7) is 0.366. The van der Waals surface area contributed by atoms with Crippen LogP contribution >= 0.6 is 27.5 Å². The molecule has 0 radical (unpaired) electrons. The number of rotatable bonds is 3. The number of benzene rings is 1. The monoisotopic (exact) mass is 363 g/mol. The molecule has 106 valence electrons. The quantitative estimate of drug-likeness (QED) is 0.770. The van der Waals surface area contributed by atoms with E-state index in [2.05, 4.69) is 26.2 Å². The zero-order chi connectivity index (χ0) is 14.8. The van der Waals surface area contributed by atoms with Gasteiger partial charge in [-0.2, -0.15) is 0 Å². The lowest BCUT2D eigenvalue weighted by Crippen LogP contribution is -2.22. The van der Waals surface area contributed by atoms with Gasteiger partial charge in [0.05, 0.1) is 12.2 Å². The maximum absolute atomic E-state index is 12.0. The van der Waals surface area contributed by atoms with Crippen molar-refractivity contribution < 1.29 is 4.79 Å². The number of nitrogens with one attached hydrogen (secondary N) is 1. The van der Waals surface area contributed by atoms with Crippen LogP contribution in [0.1, 0.15) is 16.1 Å². The molecule has 1 amide bonds. The highest BCUT2D eigenvalue weighted by Crippen LogP contribution is 2.13. The van der Waals surface area contributed by atoms with Crippen LogP contribution in [0.4, 0.5) is 0 Å². The van der Waals surface area contributed by atoms with E-state index in [1.807, 2.05) is 28.9 Å². The smallest absolute Gasteiger partial charge is 0.251 e. The first kappa shape index (κ1) is 14.1. The maximum atomic E-state index is 12.0. The molecule has 0 aliphatic carbocycles. The van der Waals surface area contributed by atoms with Gasteiger partial charge in [-0.3, -0.25) is 4.79 Å². The molecule has 2 heterocycles. The molecule has 1 aromatic carbocycles. The molecule has 0 fully saturated rings. The minimum absolute atomic E-state index is 0.171. The Hall–Kier alpha value is -1.85. The second-order valence-corrected chi connectivity index (χ2v) is 5.89. The Morgan fingerprint density at radius 2 is 2.14 bits per heavy atom. The molecule has 1 N–H and O–H groups in total. The maximum Gasteiger partial charge on any atom is 0.251 e. The van der Waals surface area contributed by atoms with Crippen molar-refractivity contribution in [3.8, 4) is 0 Å². The highest BCUT2D eigenvalue weighted by Gasteiger charge is 2.07. The van der Waals surface area contributed by atoms with Gasteiger partial charge >= 0.3 is 0 Å². The second kappa shape index (κ2) is 5.87. The summed E-state index contributed by atoms with van der Waals surface area (Å²) in [4.78, 5) is 16.5. The van der Waals surface area contributed by atoms with Crippen LogP contribution in [0.25, 0.3) is 5.65 Å². The number of halogens is 2. The number of carbonyl (C=O) groups excluding carboxylic acids is 1. The first-order chi connectivity index (χ1) is 10.1. The van der Waals surface area contributed by atoms with Gasteiger partial charge in [0.25, 0.3) is 5.91 Å². The van der Waals surface area contributed by atoms with E-state index in [-0.39, 0.29) is 5.91 Å². The summed E-state index contributed by atoms with van der Waals surface area (Å²) in [6.07, 6.45) is 3.81. The van der Waals surface area contributed by atoms with Crippen LogP contribution in [0, 0.1) is 0 Å². The zero-order valence-corrected chi connectivity index (χ0v) is 13.2. The van der Waals surface area contributed by atoms with Crippen molar-refractivity contribution in [2.24, 2.45) is 0 Å². The SMILES string of the molecule is O=C(NCc1cn2cc(Br)ccc2n1)c1cccc(Cl)c1. The average Bonchev–Trinajstić information content (AvgIpc) is 2.86. The van der Waals surface area contributed by atoms with E-state index in [1.165, 1.54) is 0 Å². The molecule has 0 aliphatic heterocycles. The molecule has 0 atom stereocenters. The third kappa shape index (κ3) is 3.25. The normalized spacial score (nSPS) is 10.8. The van der Waals surface area contributed by atoms with Crippen molar-refractivity contribution in [2.75, 3.05) is 0 Å². The first-order valence-corrected chi connectivity index (χ1v) is 7.46. The Kier molecular flexibility index (Phi) is 3.94. The molecule has 0 aliphatic rings. The fourth-order valence-corrected chi connectivity index (χ4v) is 2.55. The Labute approximate surface area is 134 Å². The molecule has 3 aromatic rings. The highest BCUT2D eigenvalue weighted by molar-refractivity contribution is 9.10. The molecule has 3 rings (SSSR count). The lowest BCUT2D eigenvalue weighted by atomic mass is 10.2. The Morgan fingerprint density at radius 3 is 2.95 bits per heavy atom. The number of carbonyl (C=O) groups is 1. The predicted octanol–water partition coefficient (Wildman–Crippen LogP) is 3.68. The van der Waals surface area contributed by atoms with Gasteiger partial charge in [0.15, 0.2) is 0 Å². The van der Waals surface area contributed by atoms with Crippen molar-refractivity contribution in [3.05, 3.63) is 69.5 Å². The summed E-state index contributed by atoms with van der Waals surface area (Å²) in [5.41, 5.74) is 2.17. The molecule has 2 aromatic heterocycles. The van der Waals surface area contributed by atoms with Crippen LogP contribution in [0.2, 0.25) is 5.02 Å². The molecule has 21 heavy (non-hydrogen) atoms. The number of hydrogen-bond donors (Lipinski definition) is 1. The molecule has 0 saturated heterocycles. The lowest BCUT2D eigenvalue weighted by molar-refractivity contribution is 0.0950. The summed E-state index contributed by atoms with van der Waals surface area (Å²) in [7, 11) is 0. The van der Waals surface area contributed by atoms with Crippen LogP contribution < -0.4 is 5.32 Å². The minimum Gasteiger partial charge on any atom is -0.346 e.